The molecule has 1 N–H and O–H groups in total. The third-order valence-electron chi connectivity index (χ3n) is 5.89. The van der Waals surface area contributed by atoms with Crippen LogP contribution in [0.3, 0.4) is 0 Å². The molecule has 1 fully saturated rings. The van der Waals surface area contributed by atoms with Crippen LogP contribution in [0.25, 0.3) is 0 Å². The predicted octanol–water partition coefficient (Wildman–Crippen LogP) is 5.26. The topological polar surface area (TPSA) is 38.3 Å². The number of benzene rings is 2. The van der Waals surface area contributed by atoms with Crippen LogP contribution in [0, 0.1) is 13.8 Å². The van der Waals surface area contributed by atoms with Crippen LogP contribution < -0.4 is 10.1 Å². The second-order valence-electron chi connectivity index (χ2n) is 7.93. The molecule has 4 rings (SSSR count). The number of carbonyl (C=O) groups excluding carboxylic acids is 1. The van der Waals surface area contributed by atoms with Gasteiger partial charge in [0.1, 0.15) is 11.4 Å². The van der Waals surface area contributed by atoms with E-state index >= 15 is 0 Å². The maximum atomic E-state index is 13.0. The van der Waals surface area contributed by atoms with E-state index in [0.717, 1.165) is 41.7 Å². The van der Waals surface area contributed by atoms with Gasteiger partial charge in [0.15, 0.2) is 0 Å². The number of hydrogen-bond acceptors (Lipinski definition) is 2. The molecule has 2 aliphatic rings. The van der Waals surface area contributed by atoms with E-state index < -0.39 is 0 Å². The Kier molecular flexibility index (Phi) is 4.47. The van der Waals surface area contributed by atoms with Gasteiger partial charge in [0.2, 0.25) is 0 Å². The fourth-order valence-corrected chi connectivity index (χ4v) is 4.55. The molecule has 1 unspecified atom stereocenters. The molecule has 1 aliphatic carbocycles. The van der Waals surface area contributed by atoms with Crippen LogP contribution in [-0.4, -0.2) is 11.5 Å². The van der Waals surface area contributed by atoms with E-state index in [4.69, 9.17) is 4.74 Å². The number of fused-ring (bicyclic) bond motifs is 1. The van der Waals surface area contributed by atoms with E-state index in [1.165, 1.54) is 24.8 Å². The fraction of sp³-hybridized carbons (Fsp3) is 0.435. The summed E-state index contributed by atoms with van der Waals surface area (Å²) in [5.74, 6) is 0.946. The van der Waals surface area contributed by atoms with E-state index in [1.807, 2.05) is 37.3 Å². The molecule has 0 aromatic heterocycles. The number of ether oxygens (including phenoxy) is 1. The van der Waals surface area contributed by atoms with Gasteiger partial charge in [-0.05, 0) is 57.2 Å². The summed E-state index contributed by atoms with van der Waals surface area (Å²) in [6.45, 7) is 4.05. The van der Waals surface area contributed by atoms with Gasteiger partial charge >= 0.3 is 0 Å². The summed E-state index contributed by atoms with van der Waals surface area (Å²) in [7, 11) is 0. The Balaban J connectivity index is 1.62. The summed E-state index contributed by atoms with van der Waals surface area (Å²) in [4.78, 5) is 13.0. The van der Waals surface area contributed by atoms with Crippen LogP contribution in [0.4, 0.5) is 0 Å². The summed E-state index contributed by atoms with van der Waals surface area (Å²) < 4.78 is 6.47. The quantitative estimate of drug-likeness (QED) is 0.803. The van der Waals surface area contributed by atoms with Crippen molar-refractivity contribution in [2.45, 2.75) is 64.0 Å². The Labute approximate surface area is 155 Å². The highest BCUT2D eigenvalue weighted by Gasteiger charge is 2.42. The molecule has 1 amide bonds. The molecule has 136 valence electrons. The Morgan fingerprint density at radius 3 is 2.62 bits per heavy atom. The van der Waals surface area contributed by atoms with Crippen molar-refractivity contribution in [1.82, 2.24) is 5.32 Å². The van der Waals surface area contributed by atoms with Crippen molar-refractivity contribution < 1.29 is 9.53 Å². The molecular formula is C23H27NO2. The van der Waals surface area contributed by atoms with Crippen LogP contribution in [0.1, 0.15) is 71.6 Å². The summed E-state index contributed by atoms with van der Waals surface area (Å²) in [6.07, 6.45) is 6.72. The van der Waals surface area contributed by atoms with Crippen molar-refractivity contribution in [1.29, 1.82) is 0 Å². The lowest BCUT2D eigenvalue weighted by atomic mass is 9.77. The molecule has 1 aliphatic heterocycles. The number of carbonyl (C=O) groups is 1. The molecule has 0 radical (unpaired) electrons. The normalized spacial score (nSPS) is 20.9. The highest BCUT2D eigenvalue weighted by Crippen LogP contribution is 2.46. The first-order valence-electron chi connectivity index (χ1n) is 9.72. The minimum absolute atomic E-state index is 0.00579. The number of amides is 1. The molecule has 1 atom stereocenters. The Morgan fingerprint density at radius 1 is 1.08 bits per heavy atom. The second kappa shape index (κ2) is 6.79. The van der Waals surface area contributed by atoms with Crippen LogP contribution in [-0.2, 0) is 0 Å². The first-order valence-corrected chi connectivity index (χ1v) is 9.72. The predicted molar refractivity (Wildman–Crippen MR) is 104 cm³/mol. The van der Waals surface area contributed by atoms with Crippen molar-refractivity contribution in [3.05, 3.63) is 64.7 Å². The van der Waals surface area contributed by atoms with Crippen LogP contribution in [0.5, 0.6) is 5.75 Å². The lowest BCUT2D eigenvalue weighted by Crippen LogP contribution is -2.46. The van der Waals surface area contributed by atoms with Crippen molar-refractivity contribution in [3.8, 4) is 5.75 Å². The SMILES string of the molecule is Cc1ccc(C(=O)NC2CC3(CCCCC3)Oc3ccccc32)c(C)c1. The van der Waals surface area contributed by atoms with E-state index in [-0.39, 0.29) is 17.6 Å². The molecule has 3 nitrogen and oxygen atoms in total. The van der Waals surface area contributed by atoms with Gasteiger partial charge in [0.25, 0.3) is 5.91 Å². The zero-order chi connectivity index (χ0) is 18.1. The summed E-state index contributed by atoms with van der Waals surface area (Å²) in [5, 5.41) is 3.30. The van der Waals surface area contributed by atoms with Gasteiger partial charge in [0.05, 0.1) is 6.04 Å². The van der Waals surface area contributed by atoms with Gasteiger partial charge in [0, 0.05) is 17.5 Å². The maximum absolute atomic E-state index is 13.0. The van der Waals surface area contributed by atoms with Gasteiger partial charge in [-0.2, -0.15) is 0 Å². The van der Waals surface area contributed by atoms with Crippen molar-refractivity contribution in [2.75, 3.05) is 0 Å². The molecule has 2 aromatic carbocycles. The number of hydrogen-bond donors (Lipinski definition) is 1. The second-order valence-corrected chi connectivity index (χ2v) is 7.93. The van der Waals surface area contributed by atoms with Gasteiger partial charge < -0.3 is 10.1 Å². The van der Waals surface area contributed by atoms with E-state index in [1.54, 1.807) is 0 Å². The zero-order valence-corrected chi connectivity index (χ0v) is 15.7. The van der Waals surface area contributed by atoms with Crippen LogP contribution in [0.15, 0.2) is 42.5 Å². The molecule has 1 heterocycles. The van der Waals surface area contributed by atoms with Gasteiger partial charge in [-0.3, -0.25) is 4.79 Å². The van der Waals surface area contributed by atoms with Crippen LogP contribution in [0.2, 0.25) is 0 Å². The standard InChI is InChI=1S/C23H27NO2/c1-16-10-11-18(17(2)14-16)22(25)24-20-15-23(12-6-3-7-13-23)26-21-9-5-4-8-19(20)21/h4-5,8-11,14,20H,3,6-7,12-13,15H2,1-2H3,(H,24,25). The monoisotopic (exact) mass is 349 g/mol. The summed E-state index contributed by atoms with van der Waals surface area (Å²) >= 11 is 0. The minimum atomic E-state index is -0.118. The largest absolute Gasteiger partial charge is 0.487 e. The highest BCUT2D eigenvalue weighted by molar-refractivity contribution is 5.96. The molecule has 0 saturated heterocycles. The molecule has 26 heavy (non-hydrogen) atoms. The van der Waals surface area contributed by atoms with Crippen molar-refractivity contribution in [3.63, 3.8) is 0 Å². The third kappa shape index (κ3) is 3.23. The Bertz CT molecular complexity index is 821. The van der Waals surface area contributed by atoms with E-state index in [0.29, 0.717) is 0 Å². The molecule has 2 aromatic rings. The first-order chi connectivity index (χ1) is 12.6. The van der Waals surface area contributed by atoms with E-state index in [2.05, 4.69) is 24.4 Å². The van der Waals surface area contributed by atoms with Crippen LogP contribution >= 0.6 is 0 Å². The highest BCUT2D eigenvalue weighted by atomic mass is 16.5. The average Bonchev–Trinajstić information content (AvgIpc) is 2.62. The third-order valence-corrected chi connectivity index (χ3v) is 5.89. The van der Waals surface area contributed by atoms with Gasteiger partial charge in [-0.25, -0.2) is 0 Å². The maximum Gasteiger partial charge on any atom is 0.252 e. The van der Waals surface area contributed by atoms with Gasteiger partial charge in [-0.15, -0.1) is 0 Å². The molecule has 1 saturated carbocycles. The Morgan fingerprint density at radius 2 is 1.85 bits per heavy atom. The Hall–Kier alpha value is -2.29. The lowest BCUT2D eigenvalue weighted by Gasteiger charge is -2.44. The first kappa shape index (κ1) is 17.1. The zero-order valence-electron chi connectivity index (χ0n) is 15.7. The average molecular weight is 349 g/mol. The smallest absolute Gasteiger partial charge is 0.252 e. The van der Waals surface area contributed by atoms with Crippen molar-refractivity contribution in [2.24, 2.45) is 0 Å². The summed E-state index contributed by atoms with van der Waals surface area (Å²) in [6, 6.07) is 14.2. The summed E-state index contributed by atoms with van der Waals surface area (Å²) in [5.41, 5.74) is 3.94. The number of para-hydroxylation sites is 1. The molecule has 0 bridgehead atoms. The van der Waals surface area contributed by atoms with E-state index in [9.17, 15) is 4.79 Å². The molecule has 3 heteroatoms. The van der Waals surface area contributed by atoms with Gasteiger partial charge in [-0.1, -0.05) is 42.3 Å². The van der Waals surface area contributed by atoms with Crippen molar-refractivity contribution >= 4 is 5.91 Å². The molecular weight excluding hydrogens is 322 g/mol. The lowest BCUT2D eigenvalue weighted by molar-refractivity contribution is -0.00210. The fourth-order valence-electron chi connectivity index (χ4n) is 4.55. The molecule has 1 spiro atoms. The number of aryl methyl sites for hydroxylation is 2. The minimum Gasteiger partial charge on any atom is -0.487 e. The number of rotatable bonds is 2. The number of nitrogens with one attached hydrogen (secondary N) is 1.